The Bertz CT molecular complexity index is 654. The van der Waals surface area contributed by atoms with Crippen LogP contribution in [0.1, 0.15) is 31.9 Å². The molecule has 1 aliphatic rings. The molecule has 0 heterocycles. The molecule has 0 aromatic heterocycles. The van der Waals surface area contributed by atoms with Crippen molar-refractivity contribution in [3.8, 4) is 0 Å². The topological polar surface area (TPSA) is 61.8 Å². The highest BCUT2D eigenvalue weighted by molar-refractivity contribution is 6.16. The zero-order valence-corrected chi connectivity index (χ0v) is 13.5. The van der Waals surface area contributed by atoms with Crippen molar-refractivity contribution >= 4 is 17.8 Å². The first-order chi connectivity index (χ1) is 10.8. The normalized spacial score (nSPS) is 20.0. The molecule has 1 aromatic carbocycles. The second-order valence-electron chi connectivity index (χ2n) is 6.13. The van der Waals surface area contributed by atoms with Crippen LogP contribution in [0.2, 0.25) is 0 Å². The van der Waals surface area contributed by atoms with Crippen LogP contribution in [0.4, 0.5) is 0 Å². The molecule has 5 heteroatoms. The molecule has 1 atom stereocenters. The number of carbonyl (C=O) groups excluding carboxylic acids is 2. The lowest BCUT2D eigenvalue weighted by atomic mass is 9.82. The largest absolute Gasteiger partial charge is 0.459 e. The molecule has 0 saturated heterocycles. The molecule has 0 radical (unpaired) electrons. The van der Waals surface area contributed by atoms with Crippen LogP contribution in [0.15, 0.2) is 43.0 Å². The monoisotopic (exact) mass is 316 g/mol. The third-order valence-corrected chi connectivity index (χ3v) is 3.14. The second-order valence-corrected chi connectivity index (χ2v) is 6.13. The molecule has 0 N–H and O–H groups in total. The number of carbonyl (C=O) groups is 2. The van der Waals surface area contributed by atoms with Crippen molar-refractivity contribution in [3.05, 3.63) is 54.1 Å². The van der Waals surface area contributed by atoms with E-state index in [9.17, 15) is 9.59 Å². The summed E-state index contributed by atoms with van der Waals surface area (Å²) in [7, 11) is 0. The molecule has 5 nitrogen and oxygen atoms in total. The summed E-state index contributed by atoms with van der Waals surface area (Å²) in [5.74, 6) is -1.38. The minimum Gasteiger partial charge on any atom is -0.459 e. The van der Waals surface area contributed by atoms with Gasteiger partial charge < -0.3 is 4.74 Å². The standard InChI is InChI=1S/C18H20O5/c1-5-12-21-16(20)18(23-22-17(2,3)4)14-9-7-6-8-13(14)10-11-15(18)19/h5-11H,1,12H2,2-4H3. The third kappa shape index (κ3) is 3.41. The van der Waals surface area contributed by atoms with Crippen LogP contribution in [0.5, 0.6) is 0 Å². The van der Waals surface area contributed by atoms with Crippen LogP contribution in [-0.2, 0) is 29.7 Å². The minimum absolute atomic E-state index is 0.0291. The zero-order chi connectivity index (χ0) is 17.1. The van der Waals surface area contributed by atoms with Gasteiger partial charge in [0, 0.05) is 5.56 Å². The van der Waals surface area contributed by atoms with Crippen LogP contribution in [0, 0.1) is 0 Å². The fourth-order valence-electron chi connectivity index (χ4n) is 2.13. The van der Waals surface area contributed by atoms with E-state index in [0.717, 1.165) is 0 Å². The zero-order valence-electron chi connectivity index (χ0n) is 13.5. The van der Waals surface area contributed by atoms with Gasteiger partial charge in [-0.3, -0.25) is 4.79 Å². The molecule has 2 rings (SSSR count). The van der Waals surface area contributed by atoms with Gasteiger partial charge in [0.1, 0.15) is 6.61 Å². The summed E-state index contributed by atoms with van der Waals surface area (Å²) < 4.78 is 5.11. The van der Waals surface area contributed by atoms with Crippen LogP contribution in [0.3, 0.4) is 0 Å². The van der Waals surface area contributed by atoms with Gasteiger partial charge in [0.2, 0.25) is 5.78 Å². The van der Waals surface area contributed by atoms with Crippen molar-refractivity contribution in [2.75, 3.05) is 6.61 Å². The van der Waals surface area contributed by atoms with Crippen LogP contribution >= 0.6 is 0 Å². The number of ether oxygens (including phenoxy) is 1. The summed E-state index contributed by atoms with van der Waals surface area (Å²) in [6.45, 7) is 8.74. The van der Waals surface area contributed by atoms with E-state index in [4.69, 9.17) is 14.5 Å². The molecule has 0 bridgehead atoms. The third-order valence-electron chi connectivity index (χ3n) is 3.14. The average Bonchev–Trinajstić information content (AvgIpc) is 2.51. The highest BCUT2D eigenvalue weighted by atomic mass is 17.2. The van der Waals surface area contributed by atoms with Crippen molar-refractivity contribution in [2.24, 2.45) is 0 Å². The Hall–Kier alpha value is -2.24. The van der Waals surface area contributed by atoms with E-state index in [1.807, 2.05) is 6.07 Å². The summed E-state index contributed by atoms with van der Waals surface area (Å²) in [4.78, 5) is 36.0. The molecule has 1 aromatic rings. The highest BCUT2D eigenvalue weighted by Crippen LogP contribution is 2.37. The van der Waals surface area contributed by atoms with Crippen molar-refractivity contribution in [1.29, 1.82) is 0 Å². The summed E-state index contributed by atoms with van der Waals surface area (Å²) in [5, 5.41) is 0. The van der Waals surface area contributed by atoms with E-state index in [1.54, 1.807) is 45.0 Å². The lowest BCUT2D eigenvalue weighted by Crippen LogP contribution is -2.49. The average molecular weight is 316 g/mol. The molecule has 0 amide bonds. The molecular weight excluding hydrogens is 296 g/mol. The quantitative estimate of drug-likeness (QED) is 0.275. The maximum Gasteiger partial charge on any atom is 0.355 e. The van der Waals surface area contributed by atoms with Crippen LogP contribution in [0.25, 0.3) is 6.08 Å². The number of benzene rings is 1. The summed E-state index contributed by atoms with van der Waals surface area (Å²) in [6, 6.07) is 6.97. The maximum atomic E-state index is 12.6. The fourth-order valence-corrected chi connectivity index (χ4v) is 2.13. The van der Waals surface area contributed by atoms with Gasteiger partial charge in [-0.05, 0) is 32.4 Å². The Kier molecular flexibility index (Phi) is 4.82. The summed E-state index contributed by atoms with van der Waals surface area (Å²) >= 11 is 0. The number of ketones is 1. The van der Waals surface area contributed by atoms with E-state index in [2.05, 4.69) is 6.58 Å². The number of hydrogen-bond donors (Lipinski definition) is 0. The van der Waals surface area contributed by atoms with Crippen molar-refractivity contribution in [1.82, 2.24) is 0 Å². The molecule has 0 saturated carbocycles. The van der Waals surface area contributed by atoms with Gasteiger partial charge in [0.15, 0.2) is 0 Å². The maximum absolute atomic E-state index is 12.6. The van der Waals surface area contributed by atoms with Crippen molar-refractivity contribution in [3.63, 3.8) is 0 Å². The predicted octanol–water partition coefficient (Wildman–Crippen LogP) is 2.95. The van der Waals surface area contributed by atoms with E-state index in [1.165, 1.54) is 12.2 Å². The molecule has 0 aliphatic heterocycles. The SMILES string of the molecule is C=CCOC(=O)C1(OOC(C)(C)C)C(=O)C=Cc2ccccc21. The van der Waals surface area contributed by atoms with Crippen molar-refractivity contribution in [2.45, 2.75) is 32.0 Å². The minimum atomic E-state index is -1.97. The lowest BCUT2D eigenvalue weighted by Gasteiger charge is -2.33. The Labute approximate surface area is 135 Å². The Morgan fingerprint density at radius 2 is 1.96 bits per heavy atom. The first-order valence-corrected chi connectivity index (χ1v) is 7.28. The summed E-state index contributed by atoms with van der Waals surface area (Å²) in [5.41, 5.74) is -1.59. The number of rotatable bonds is 5. The first-order valence-electron chi connectivity index (χ1n) is 7.28. The molecular formula is C18H20O5. The fraction of sp³-hybridized carbons (Fsp3) is 0.333. The van der Waals surface area contributed by atoms with Crippen molar-refractivity contribution < 1.29 is 24.1 Å². The molecule has 122 valence electrons. The first kappa shape index (κ1) is 17.1. The van der Waals surface area contributed by atoms with Gasteiger partial charge in [0.05, 0.1) is 5.60 Å². The Morgan fingerprint density at radius 1 is 1.26 bits per heavy atom. The number of fused-ring (bicyclic) bond motifs is 1. The second kappa shape index (κ2) is 6.48. The number of esters is 1. The van der Waals surface area contributed by atoms with E-state index < -0.39 is 23.0 Å². The molecule has 1 unspecified atom stereocenters. The Morgan fingerprint density at radius 3 is 2.61 bits per heavy atom. The molecule has 23 heavy (non-hydrogen) atoms. The molecule has 0 spiro atoms. The number of hydrogen-bond acceptors (Lipinski definition) is 5. The molecule has 0 fully saturated rings. The van der Waals surface area contributed by atoms with E-state index in [0.29, 0.717) is 11.1 Å². The van der Waals surface area contributed by atoms with Gasteiger partial charge in [-0.2, -0.15) is 0 Å². The van der Waals surface area contributed by atoms with E-state index >= 15 is 0 Å². The smallest absolute Gasteiger partial charge is 0.355 e. The molecule has 1 aliphatic carbocycles. The van der Waals surface area contributed by atoms with Gasteiger partial charge >= 0.3 is 5.97 Å². The predicted molar refractivity (Wildman–Crippen MR) is 85.2 cm³/mol. The summed E-state index contributed by atoms with van der Waals surface area (Å²) in [6.07, 6.45) is 4.35. The van der Waals surface area contributed by atoms with Crippen LogP contribution in [-0.4, -0.2) is 24.0 Å². The van der Waals surface area contributed by atoms with Gasteiger partial charge in [-0.15, -0.1) is 0 Å². The highest BCUT2D eigenvalue weighted by Gasteiger charge is 2.54. The van der Waals surface area contributed by atoms with Gasteiger partial charge in [0.25, 0.3) is 5.60 Å². The lowest BCUT2D eigenvalue weighted by molar-refractivity contribution is -0.390. The van der Waals surface area contributed by atoms with Crippen LogP contribution < -0.4 is 0 Å². The van der Waals surface area contributed by atoms with E-state index in [-0.39, 0.29) is 6.61 Å². The van der Waals surface area contributed by atoms with Gasteiger partial charge in [-0.1, -0.05) is 43.0 Å². The van der Waals surface area contributed by atoms with Gasteiger partial charge in [-0.25, -0.2) is 14.6 Å². The Balaban J connectivity index is 2.52.